The lowest BCUT2D eigenvalue weighted by Crippen LogP contribution is -2.12. The second-order valence-corrected chi connectivity index (χ2v) is 4.79. The number of nitrogens with zero attached hydrogens (tertiary/aromatic N) is 1. The number of benzene rings is 1. The molecule has 0 amide bonds. The van der Waals surface area contributed by atoms with E-state index in [1.807, 2.05) is 36.6 Å². The molecule has 1 heterocycles. The Morgan fingerprint density at radius 1 is 1.56 bits per heavy atom. The van der Waals surface area contributed by atoms with Crippen LogP contribution in [0.1, 0.15) is 24.9 Å². The van der Waals surface area contributed by atoms with Crippen molar-refractivity contribution < 1.29 is 9.53 Å². The predicted molar refractivity (Wildman–Crippen MR) is 73.2 cm³/mol. The van der Waals surface area contributed by atoms with E-state index in [1.54, 1.807) is 0 Å². The van der Waals surface area contributed by atoms with Crippen molar-refractivity contribution in [2.45, 2.75) is 26.3 Å². The minimum Gasteiger partial charge on any atom is -0.469 e. The van der Waals surface area contributed by atoms with Crippen molar-refractivity contribution in [1.82, 2.24) is 9.55 Å². The van der Waals surface area contributed by atoms with E-state index >= 15 is 0 Å². The first-order chi connectivity index (χ1) is 8.54. The number of aryl methyl sites for hydroxylation is 1. The Labute approximate surface area is 111 Å². The predicted octanol–water partition coefficient (Wildman–Crippen LogP) is 3.13. The first kappa shape index (κ1) is 12.8. The number of ether oxygens (including phenoxy) is 1. The molecule has 2 aromatic rings. The van der Waals surface area contributed by atoms with Crippen LogP contribution in [-0.2, 0) is 9.53 Å². The maximum atomic E-state index is 11.4. The third kappa shape index (κ3) is 2.18. The summed E-state index contributed by atoms with van der Waals surface area (Å²) in [6, 6.07) is 5.99. The van der Waals surface area contributed by atoms with Crippen LogP contribution in [0.2, 0.25) is 0 Å². The first-order valence-corrected chi connectivity index (χ1v) is 6.22. The average Bonchev–Trinajstić information content (AvgIpc) is 2.67. The highest BCUT2D eigenvalue weighted by atomic mass is 32.1. The van der Waals surface area contributed by atoms with E-state index in [0.29, 0.717) is 11.2 Å². The van der Waals surface area contributed by atoms with E-state index in [0.717, 1.165) is 16.6 Å². The molecule has 1 aromatic carbocycles. The van der Waals surface area contributed by atoms with Crippen molar-refractivity contribution in [3.05, 3.63) is 28.5 Å². The molecule has 0 fully saturated rings. The molecule has 0 aliphatic carbocycles. The van der Waals surface area contributed by atoms with Gasteiger partial charge in [-0.3, -0.25) is 4.79 Å². The fraction of sp³-hybridized carbons (Fsp3) is 0.385. The zero-order valence-corrected chi connectivity index (χ0v) is 11.5. The number of hydrogen-bond acceptors (Lipinski definition) is 3. The summed E-state index contributed by atoms with van der Waals surface area (Å²) in [5, 5.41) is 0. The number of fused-ring (bicyclic) bond motifs is 1. The van der Waals surface area contributed by atoms with E-state index in [9.17, 15) is 4.79 Å². The summed E-state index contributed by atoms with van der Waals surface area (Å²) in [7, 11) is 1.40. The molecule has 0 radical (unpaired) electrons. The molecule has 1 N–H and O–H groups in total. The van der Waals surface area contributed by atoms with Crippen molar-refractivity contribution in [2.24, 2.45) is 0 Å². The molecular formula is C13H16N2O2S. The fourth-order valence-corrected chi connectivity index (χ4v) is 2.53. The van der Waals surface area contributed by atoms with Gasteiger partial charge in [0.2, 0.25) is 0 Å². The molecule has 5 heteroatoms. The van der Waals surface area contributed by atoms with Gasteiger partial charge in [-0.1, -0.05) is 12.1 Å². The molecule has 0 aliphatic rings. The van der Waals surface area contributed by atoms with Crippen LogP contribution >= 0.6 is 12.2 Å². The maximum Gasteiger partial charge on any atom is 0.307 e. The van der Waals surface area contributed by atoms with Gasteiger partial charge in [-0.05, 0) is 37.7 Å². The monoisotopic (exact) mass is 264 g/mol. The number of carbonyl (C=O) groups excluding carboxylic acids is 1. The van der Waals surface area contributed by atoms with Crippen LogP contribution in [0.4, 0.5) is 0 Å². The van der Waals surface area contributed by atoms with Gasteiger partial charge in [0.15, 0.2) is 4.77 Å². The van der Waals surface area contributed by atoms with E-state index in [-0.39, 0.29) is 12.0 Å². The molecule has 0 aliphatic heterocycles. The van der Waals surface area contributed by atoms with Crippen molar-refractivity contribution in [2.75, 3.05) is 7.11 Å². The van der Waals surface area contributed by atoms with Crippen molar-refractivity contribution in [3.8, 4) is 0 Å². The van der Waals surface area contributed by atoms with Gasteiger partial charge in [0.05, 0.1) is 24.6 Å². The van der Waals surface area contributed by atoms with Gasteiger partial charge in [0, 0.05) is 6.04 Å². The topological polar surface area (TPSA) is 47.0 Å². The minimum absolute atomic E-state index is 0.0273. The molecule has 0 spiro atoms. The highest BCUT2D eigenvalue weighted by Crippen LogP contribution is 2.23. The van der Waals surface area contributed by atoms with E-state index in [4.69, 9.17) is 17.0 Å². The molecule has 0 saturated heterocycles. The summed E-state index contributed by atoms with van der Waals surface area (Å²) < 4.78 is 7.30. The van der Waals surface area contributed by atoms with E-state index in [1.165, 1.54) is 7.11 Å². The van der Waals surface area contributed by atoms with Gasteiger partial charge in [-0.15, -0.1) is 0 Å². The van der Waals surface area contributed by atoms with Gasteiger partial charge >= 0.3 is 5.97 Å². The number of carbonyl (C=O) groups is 1. The van der Waals surface area contributed by atoms with Gasteiger partial charge < -0.3 is 14.3 Å². The molecule has 1 unspecified atom stereocenters. The molecule has 96 valence electrons. The number of hydrogen-bond donors (Lipinski definition) is 1. The molecule has 4 nitrogen and oxygen atoms in total. The third-order valence-corrected chi connectivity index (χ3v) is 3.39. The van der Waals surface area contributed by atoms with Crippen molar-refractivity contribution in [3.63, 3.8) is 0 Å². The van der Waals surface area contributed by atoms with Gasteiger partial charge in [-0.25, -0.2) is 0 Å². The molecule has 1 atom stereocenters. The van der Waals surface area contributed by atoms with Crippen LogP contribution in [0.3, 0.4) is 0 Å². The Morgan fingerprint density at radius 3 is 2.94 bits per heavy atom. The van der Waals surface area contributed by atoms with E-state index in [2.05, 4.69) is 4.98 Å². The van der Waals surface area contributed by atoms with Crippen molar-refractivity contribution >= 4 is 29.2 Å². The summed E-state index contributed by atoms with van der Waals surface area (Å²) >= 11 is 5.33. The third-order valence-electron chi connectivity index (χ3n) is 3.09. The summed E-state index contributed by atoms with van der Waals surface area (Å²) in [6.07, 6.45) is 0.311. The van der Waals surface area contributed by atoms with E-state index < -0.39 is 0 Å². The number of nitrogens with one attached hydrogen (secondary N) is 1. The lowest BCUT2D eigenvalue weighted by molar-refractivity contribution is -0.141. The minimum atomic E-state index is -0.230. The van der Waals surface area contributed by atoms with Crippen LogP contribution in [-0.4, -0.2) is 22.6 Å². The van der Waals surface area contributed by atoms with Gasteiger partial charge in [-0.2, -0.15) is 0 Å². The smallest absolute Gasteiger partial charge is 0.307 e. The maximum absolute atomic E-state index is 11.4. The van der Waals surface area contributed by atoms with Crippen LogP contribution < -0.4 is 0 Å². The zero-order valence-electron chi connectivity index (χ0n) is 10.7. The molecule has 18 heavy (non-hydrogen) atoms. The average molecular weight is 264 g/mol. The van der Waals surface area contributed by atoms with Gasteiger partial charge in [0.1, 0.15) is 0 Å². The first-order valence-electron chi connectivity index (χ1n) is 5.81. The summed E-state index contributed by atoms with van der Waals surface area (Å²) in [6.45, 7) is 3.99. The molecule has 2 rings (SSSR count). The normalized spacial score (nSPS) is 12.6. The highest BCUT2D eigenvalue weighted by Gasteiger charge is 2.15. The van der Waals surface area contributed by atoms with Crippen molar-refractivity contribution in [1.29, 1.82) is 0 Å². The highest BCUT2D eigenvalue weighted by molar-refractivity contribution is 7.71. The number of esters is 1. The molecule has 1 aromatic heterocycles. The Balaban J connectivity index is 2.51. The number of imidazole rings is 1. The zero-order chi connectivity index (χ0) is 13.3. The van der Waals surface area contributed by atoms with Crippen LogP contribution in [0, 0.1) is 11.7 Å². The fourth-order valence-electron chi connectivity index (χ4n) is 2.15. The molecule has 0 saturated carbocycles. The number of aromatic nitrogens is 2. The number of H-pyrrole nitrogens is 1. The second kappa shape index (κ2) is 4.94. The Bertz CT molecular complexity index is 642. The largest absolute Gasteiger partial charge is 0.469 e. The summed E-state index contributed by atoms with van der Waals surface area (Å²) in [5.74, 6) is -0.230. The van der Waals surface area contributed by atoms with Crippen LogP contribution in [0.15, 0.2) is 18.2 Å². The molecule has 0 bridgehead atoms. The molecular weight excluding hydrogens is 248 g/mol. The Morgan fingerprint density at radius 2 is 2.28 bits per heavy atom. The standard InChI is InChI=1S/C13H16N2O2S/c1-8-5-4-6-10-12(8)14-13(18)15(10)9(2)7-11(16)17-3/h4-6,9H,7H2,1-3H3,(H,14,18). The lowest BCUT2D eigenvalue weighted by Gasteiger charge is -2.13. The number of para-hydroxylation sites is 1. The Hall–Kier alpha value is -1.62. The summed E-state index contributed by atoms with van der Waals surface area (Å²) in [5.41, 5.74) is 3.19. The lowest BCUT2D eigenvalue weighted by atomic mass is 10.2. The summed E-state index contributed by atoms with van der Waals surface area (Å²) in [4.78, 5) is 14.5. The van der Waals surface area contributed by atoms with Crippen LogP contribution in [0.25, 0.3) is 11.0 Å². The number of rotatable bonds is 3. The quantitative estimate of drug-likeness (QED) is 0.684. The number of aromatic amines is 1. The SMILES string of the molecule is COC(=O)CC(C)n1c(=S)[nH]c2c(C)cccc21. The van der Waals surface area contributed by atoms with Crippen LogP contribution in [0.5, 0.6) is 0 Å². The number of methoxy groups -OCH3 is 1. The Kier molecular flexibility index (Phi) is 3.52. The van der Waals surface area contributed by atoms with Gasteiger partial charge in [0.25, 0.3) is 0 Å². The second-order valence-electron chi connectivity index (χ2n) is 4.40.